The fraction of sp³-hybridized carbons (Fsp3) is 0.222. The summed E-state index contributed by atoms with van der Waals surface area (Å²) < 4.78 is 0. The number of nitrogens with one attached hydrogen (secondary N) is 2. The Balaban J connectivity index is 2.70. The van der Waals surface area contributed by atoms with Crippen LogP contribution < -0.4 is 10.6 Å². The topological polar surface area (TPSA) is 58.2 Å². The van der Waals surface area contributed by atoms with Crippen LogP contribution in [0.25, 0.3) is 11.1 Å². The van der Waals surface area contributed by atoms with E-state index in [2.05, 4.69) is 10.6 Å². The highest BCUT2D eigenvalue weighted by Crippen LogP contribution is 2.38. The molecule has 0 bridgehead atoms. The molecule has 0 aliphatic rings. The third kappa shape index (κ3) is 3.34. The minimum Gasteiger partial charge on any atom is -0.326 e. The predicted octanol–water partition coefficient (Wildman–Crippen LogP) is 3.89. The van der Waals surface area contributed by atoms with E-state index in [0.29, 0.717) is 0 Å². The maximum absolute atomic E-state index is 11.5. The SMILES string of the molecule is CC(=O)Nc1cccc(C)c1-c1c(C)cccc1NC(C)=O. The summed E-state index contributed by atoms with van der Waals surface area (Å²) in [7, 11) is 0. The number of amides is 2. The molecule has 0 unspecified atom stereocenters. The van der Waals surface area contributed by atoms with Crippen LogP contribution in [0.4, 0.5) is 11.4 Å². The van der Waals surface area contributed by atoms with E-state index in [1.807, 2.05) is 50.2 Å². The lowest BCUT2D eigenvalue weighted by atomic mass is 9.93. The number of rotatable bonds is 3. The van der Waals surface area contributed by atoms with Gasteiger partial charge in [0.05, 0.1) is 0 Å². The molecule has 0 heterocycles. The summed E-state index contributed by atoms with van der Waals surface area (Å²) in [4.78, 5) is 22.9. The Hall–Kier alpha value is -2.62. The lowest BCUT2D eigenvalue weighted by molar-refractivity contribution is -0.115. The summed E-state index contributed by atoms with van der Waals surface area (Å²) in [5.74, 6) is -0.247. The monoisotopic (exact) mass is 296 g/mol. The van der Waals surface area contributed by atoms with E-state index in [0.717, 1.165) is 33.6 Å². The summed E-state index contributed by atoms with van der Waals surface area (Å²) in [6, 6.07) is 11.5. The van der Waals surface area contributed by atoms with Gasteiger partial charge in [0, 0.05) is 36.3 Å². The van der Waals surface area contributed by atoms with Gasteiger partial charge in [0.2, 0.25) is 11.8 Å². The molecule has 2 amide bonds. The number of hydrogen-bond acceptors (Lipinski definition) is 2. The normalized spacial score (nSPS) is 10.2. The molecule has 2 rings (SSSR count). The van der Waals surface area contributed by atoms with Gasteiger partial charge in [-0.3, -0.25) is 9.59 Å². The van der Waals surface area contributed by atoms with Crippen LogP contribution in [0.2, 0.25) is 0 Å². The van der Waals surface area contributed by atoms with Crippen molar-refractivity contribution in [2.75, 3.05) is 10.6 Å². The second-order valence-corrected chi connectivity index (χ2v) is 5.36. The molecule has 0 aromatic heterocycles. The third-order valence-corrected chi connectivity index (χ3v) is 3.42. The molecule has 4 heteroatoms. The zero-order valence-corrected chi connectivity index (χ0v) is 13.3. The van der Waals surface area contributed by atoms with Gasteiger partial charge < -0.3 is 10.6 Å². The van der Waals surface area contributed by atoms with Gasteiger partial charge in [0.25, 0.3) is 0 Å². The average Bonchev–Trinajstić information content (AvgIpc) is 2.40. The van der Waals surface area contributed by atoms with Crippen LogP contribution in [-0.2, 0) is 9.59 Å². The first-order valence-electron chi connectivity index (χ1n) is 7.15. The first kappa shape index (κ1) is 15.8. The minimum atomic E-state index is -0.124. The van der Waals surface area contributed by atoms with Gasteiger partial charge in [-0.15, -0.1) is 0 Å². The fourth-order valence-electron chi connectivity index (χ4n) is 2.59. The fourth-order valence-corrected chi connectivity index (χ4v) is 2.59. The van der Waals surface area contributed by atoms with Crippen molar-refractivity contribution in [2.45, 2.75) is 27.7 Å². The van der Waals surface area contributed by atoms with Crippen molar-refractivity contribution >= 4 is 23.2 Å². The Morgan fingerprint density at radius 2 is 1.09 bits per heavy atom. The van der Waals surface area contributed by atoms with E-state index in [1.54, 1.807) is 0 Å². The molecule has 0 aliphatic heterocycles. The molecule has 0 spiro atoms. The Kier molecular flexibility index (Phi) is 4.61. The van der Waals surface area contributed by atoms with Crippen molar-refractivity contribution in [2.24, 2.45) is 0 Å². The van der Waals surface area contributed by atoms with E-state index in [4.69, 9.17) is 0 Å². The molecule has 0 atom stereocenters. The molecule has 114 valence electrons. The van der Waals surface area contributed by atoms with Crippen LogP contribution in [0.1, 0.15) is 25.0 Å². The second kappa shape index (κ2) is 6.43. The van der Waals surface area contributed by atoms with Gasteiger partial charge in [-0.2, -0.15) is 0 Å². The highest BCUT2D eigenvalue weighted by Gasteiger charge is 2.16. The Labute approximate surface area is 130 Å². The molecular formula is C18H20N2O2. The van der Waals surface area contributed by atoms with Crippen LogP contribution in [0, 0.1) is 13.8 Å². The maximum Gasteiger partial charge on any atom is 0.221 e. The van der Waals surface area contributed by atoms with Crippen molar-refractivity contribution in [1.29, 1.82) is 0 Å². The van der Waals surface area contributed by atoms with Crippen molar-refractivity contribution in [1.82, 2.24) is 0 Å². The number of anilines is 2. The summed E-state index contributed by atoms with van der Waals surface area (Å²) in [6.07, 6.45) is 0. The van der Waals surface area contributed by atoms with Gasteiger partial charge in [-0.1, -0.05) is 24.3 Å². The molecule has 0 radical (unpaired) electrons. The maximum atomic E-state index is 11.5. The largest absolute Gasteiger partial charge is 0.326 e. The van der Waals surface area contributed by atoms with Crippen LogP contribution in [-0.4, -0.2) is 11.8 Å². The first-order valence-corrected chi connectivity index (χ1v) is 7.15. The molecule has 4 nitrogen and oxygen atoms in total. The minimum absolute atomic E-state index is 0.124. The van der Waals surface area contributed by atoms with Gasteiger partial charge in [0.1, 0.15) is 0 Å². The second-order valence-electron chi connectivity index (χ2n) is 5.36. The molecule has 2 aromatic rings. The Bertz CT molecular complexity index is 672. The summed E-state index contributed by atoms with van der Waals surface area (Å²) >= 11 is 0. The van der Waals surface area contributed by atoms with Crippen LogP contribution in [0.5, 0.6) is 0 Å². The van der Waals surface area contributed by atoms with Crippen molar-refractivity contribution < 1.29 is 9.59 Å². The molecule has 0 fully saturated rings. The Morgan fingerprint density at radius 3 is 1.41 bits per heavy atom. The first-order chi connectivity index (χ1) is 10.4. The van der Waals surface area contributed by atoms with E-state index in [-0.39, 0.29) is 11.8 Å². The van der Waals surface area contributed by atoms with E-state index >= 15 is 0 Å². The van der Waals surface area contributed by atoms with Crippen LogP contribution >= 0.6 is 0 Å². The lowest BCUT2D eigenvalue weighted by Crippen LogP contribution is -2.10. The summed E-state index contributed by atoms with van der Waals surface area (Å²) in [6.45, 7) is 6.95. The zero-order chi connectivity index (χ0) is 16.3. The quantitative estimate of drug-likeness (QED) is 0.902. The predicted molar refractivity (Wildman–Crippen MR) is 90.0 cm³/mol. The molecule has 2 N–H and O–H groups in total. The van der Waals surface area contributed by atoms with Gasteiger partial charge in [0.15, 0.2) is 0 Å². The van der Waals surface area contributed by atoms with Gasteiger partial charge in [-0.05, 0) is 37.1 Å². The van der Waals surface area contributed by atoms with Gasteiger partial charge >= 0.3 is 0 Å². The van der Waals surface area contributed by atoms with Crippen molar-refractivity contribution in [3.05, 3.63) is 47.5 Å². The third-order valence-electron chi connectivity index (χ3n) is 3.42. The molecule has 22 heavy (non-hydrogen) atoms. The summed E-state index contributed by atoms with van der Waals surface area (Å²) in [5.41, 5.74) is 5.42. The smallest absolute Gasteiger partial charge is 0.221 e. The lowest BCUT2D eigenvalue weighted by Gasteiger charge is -2.19. The van der Waals surface area contributed by atoms with Crippen molar-refractivity contribution in [3.63, 3.8) is 0 Å². The molecular weight excluding hydrogens is 276 g/mol. The number of carbonyl (C=O) groups excluding carboxylic acids is 2. The molecule has 0 aliphatic carbocycles. The van der Waals surface area contributed by atoms with Gasteiger partial charge in [-0.25, -0.2) is 0 Å². The summed E-state index contributed by atoms with van der Waals surface area (Å²) in [5, 5.41) is 5.74. The standard InChI is InChI=1S/C18H20N2O2/c1-11-7-5-9-15(19-13(3)21)17(11)18-12(2)8-6-10-16(18)20-14(4)22/h5-10H,1-4H3,(H,19,21)(H,20,22). The van der Waals surface area contributed by atoms with Crippen LogP contribution in [0.3, 0.4) is 0 Å². The van der Waals surface area contributed by atoms with E-state index in [1.165, 1.54) is 13.8 Å². The number of aryl methyl sites for hydroxylation is 2. The van der Waals surface area contributed by atoms with E-state index in [9.17, 15) is 9.59 Å². The molecule has 0 saturated heterocycles. The zero-order valence-electron chi connectivity index (χ0n) is 13.3. The highest BCUT2D eigenvalue weighted by atomic mass is 16.2. The molecule has 0 saturated carbocycles. The molecule has 2 aromatic carbocycles. The van der Waals surface area contributed by atoms with Crippen LogP contribution in [0.15, 0.2) is 36.4 Å². The number of carbonyl (C=O) groups is 2. The van der Waals surface area contributed by atoms with Crippen molar-refractivity contribution in [3.8, 4) is 11.1 Å². The highest BCUT2D eigenvalue weighted by molar-refractivity contribution is 6.01. The Morgan fingerprint density at radius 1 is 0.727 bits per heavy atom. The van der Waals surface area contributed by atoms with E-state index < -0.39 is 0 Å². The number of benzene rings is 2. The number of hydrogen-bond donors (Lipinski definition) is 2. The average molecular weight is 296 g/mol.